The zero-order valence-electron chi connectivity index (χ0n) is 8.29. The zero-order chi connectivity index (χ0) is 12.3. The van der Waals surface area contributed by atoms with Crippen LogP contribution >= 0.6 is 11.6 Å². The van der Waals surface area contributed by atoms with Gasteiger partial charge in [0.25, 0.3) is 0 Å². The third-order valence-corrected chi connectivity index (χ3v) is 2.32. The number of rotatable bonds is 5. The first kappa shape index (κ1) is 12.6. The molecule has 0 aliphatic rings. The maximum Gasteiger partial charge on any atom is 0.310 e. The minimum absolute atomic E-state index is 0.133. The topological polar surface area (TPSA) is 34.9 Å². The fourth-order valence-electron chi connectivity index (χ4n) is 1.15. The number of aldehydes is 1. The molecule has 16 heavy (non-hydrogen) atoms. The minimum Gasteiger partial charge on any atom is -0.298 e. The Labute approximate surface area is 96.0 Å². The molecule has 1 aromatic rings. The molecular formula is C10H9ClF2N2O. The number of hydrogen-bond donors (Lipinski definition) is 0. The smallest absolute Gasteiger partial charge is 0.298 e. The fraction of sp³-hybridized carbons (Fsp3) is 0.200. The van der Waals surface area contributed by atoms with Crippen molar-refractivity contribution in [2.75, 3.05) is 0 Å². The van der Waals surface area contributed by atoms with Gasteiger partial charge in [-0.05, 0) is 6.08 Å². The van der Waals surface area contributed by atoms with Gasteiger partial charge in [-0.2, -0.15) is 13.9 Å². The number of carbonyl (C=O) groups is 1. The molecule has 0 saturated heterocycles. The molecule has 0 aliphatic carbocycles. The van der Waals surface area contributed by atoms with E-state index in [4.69, 9.17) is 11.6 Å². The standard InChI is InChI=1S/C10H9ClF2N2O/c1-3-5-15-9(11)7(6-16)8(14-15)10(12,13)4-2/h3-4,6H,1-2,5H2. The van der Waals surface area contributed by atoms with Gasteiger partial charge in [-0.1, -0.05) is 24.3 Å². The lowest BCUT2D eigenvalue weighted by Crippen LogP contribution is -2.13. The summed E-state index contributed by atoms with van der Waals surface area (Å²) in [4.78, 5) is 10.7. The second kappa shape index (κ2) is 4.57. The Morgan fingerprint density at radius 3 is 2.56 bits per heavy atom. The predicted octanol–water partition coefficient (Wildman–Crippen LogP) is 2.81. The molecule has 0 radical (unpaired) electrons. The molecule has 0 saturated carbocycles. The third-order valence-electron chi connectivity index (χ3n) is 1.92. The third kappa shape index (κ3) is 2.04. The molecule has 6 heteroatoms. The molecule has 86 valence electrons. The van der Waals surface area contributed by atoms with E-state index in [1.807, 2.05) is 0 Å². The Morgan fingerprint density at radius 2 is 2.12 bits per heavy atom. The van der Waals surface area contributed by atoms with Gasteiger partial charge in [0, 0.05) is 0 Å². The average Bonchev–Trinajstić information content (AvgIpc) is 2.57. The van der Waals surface area contributed by atoms with Crippen LogP contribution in [0, 0.1) is 0 Å². The summed E-state index contributed by atoms with van der Waals surface area (Å²) in [6.07, 6.45) is 2.10. The molecule has 0 fully saturated rings. The molecule has 0 unspecified atom stereocenters. The lowest BCUT2D eigenvalue weighted by atomic mass is 10.1. The summed E-state index contributed by atoms with van der Waals surface area (Å²) in [5.74, 6) is -3.38. The van der Waals surface area contributed by atoms with Crippen LogP contribution in [0.4, 0.5) is 8.78 Å². The molecule has 0 atom stereocenters. The predicted molar refractivity (Wildman–Crippen MR) is 56.9 cm³/mol. The summed E-state index contributed by atoms with van der Waals surface area (Å²) < 4.78 is 27.7. The number of carbonyl (C=O) groups excluding carboxylic acids is 1. The van der Waals surface area contributed by atoms with Crippen molar-refractivity contribution in [3.05, 3.63) is 41.7 Å². The summed E-state index contributed by atoms with van der Waals surface area (Å²) in [5.41, 5.74) is -1.02. The Hall–Kier alpha value is -1.49. The van der Waals surface area contributed by atoms with Gasteiger partial charge in [-0.15, -0.1) is 6.58 Å². The van der Waals surface area contributed by atoms with E-state index < -0.39 is 11.6 Å². The number of aromatic nitrogens is 2. The van der Waals surface area contributed by atoms with Crippen molar-refractivity contribution >= 4 is 17.9 Å². The molecule has 0 N–H and O–H groups in total. The first-order valence-corrected chi connectivity index (χ1v) is 4.70. The van der Waals surface area contributed by atoms with Gasteiger partial charge >= 0.3 is 5.92 Å². The molecular weight excluding hydrogens is 238 g/mol. The molecule has 0 aliphatic heterocycles. The van der Waals surface area contributed by atoms with E-state index in [9.17, 15) is 13.6 Å². The van der Waals surface area contributed by atoms with Gasteiger partial charge in [0.1, 0.15) is 10.8 Å². The van der Waals surface area contributed by atoms with E-state index in [2.05, 4.69) is 18.3 Å². The number of nitrogens with zero attached hydrogens (tertiary/aromatic N) is 2. The van der Waals surface area contributed by atoms with Crippen LogP contribution in [0.1, 0.15) is 16.1 Å². The lowest BCUT2D eigenvalue weighted by Gasteiger charge is -2.07. The molecule has 3 nitrogen and oxygen atoms in total. The van der Waals surface area contributed by atoms with Crippen LogP contribution in [-0.4, -0.2) is 16.1 Å². The SMILES string of the molecule is C=CCn1nc(C(F)(F)C=C)c(C=O)c1Cl. The molecule has 0 amide bonds. The van der Waals surface area contributed by atoms with Crippen molar-refractivity contribution in [2.24, 2.45) is 0 Å². The summed E-state index contributed by atoms with van der Waals surface area (Å²) >= 11 is 5.73. The van der Waals surface area contributed by atoms with Crippen LogP contribution in [0.5, 0.6) is 0 Å². The van der Waals surface area contributed by atoms with Crippen molar-refractivity contribution in [1.82, 2.24) is 9.78 Å². The zero-order valence-corrected chi connectivity index (χ0v) is 9.05. The van der Waals surface area contributed by atoms with Crippen LogP contribution < -0.4 is 0 Å². The van der Waals surface area contributed by atoms with Crippen LogP contribution in [0.3, 0.4) is 0 Å². The molecule has 1 aromatic heterocycles. The second-order valence-corrected chi connectivity index (χ2v) is 3.33. The number of allylic oxidation sites excluding steroid dienone is 2. The number of alkyl halides is 2. The van der Waals surface area contributed by atoms with E-state index in [-0.39, 0.29) is 23.5 Å². The summed E-state index contributed by atoms with van der Waals surface area (Å²) in [6, 6.07) is 0. The second-order valence-electron chi connectivity index (χ2n) is 2.97. The van der Waals surface area contributed by atoms with Gasteiger partial charge < -0.3 is 0 Å². The van der Waals surface area contributed by atoms with E-state index >= 15 is 0 Å². The van der Waals surface area contributed by atoms with Crippen molar-refractivity contribution < 1.29 is 13.6 Å². The van der Waals surface area contributed by atoms with E-state index in [1.165, 1.54) is 6.08 Å². The van der Waals surface area contributed by atoms with Gasteiger partial charge in [-0.3, -0.25) is 4.79 Å². The molecule has 0 spiro atoms. The Balaban J connectivity index is 3.39. The highest BCUT2D eigenvalue weighted by Crippen LogP contribution is 2.33. The van der Waals surface area contributed by atoms with E-state index in [1.54, 1.807) is 0 Å². The highest BCUT2D eigenvalue weighted by molar-refractivity contribution is 6.32. The van der Waals surface area contributed by atoms with Crippen molar-refractivity contribution in [1.29, 1.82) is 0 Å². The lowest BCUT2D eigenvalue weighted by molar-refractivity contribution is 0.0459. The quantitative estimate of drug-likeness (QED) is 0.592. The molecule has 1 rings (SSSR count). The Kier molecular flexibility index (Phi) is 3.59. The summed E-state index contributed by atoms with van der Waals surface area (Å²) in [7, 11) is 0. The number of hydrogen-bond acceptors (Lipinski definition) is 2. The van der Waals surface area contributed by atoms with Gasteiger partial charge in [0.2, 0.25) is 0 Å². The molecule has 0 aromatic carbocycles. The van der Waals surface area contributed by atoms with Crippen molar-refractivity contribution in [2.45, 2.75) is 12.5 Å². The Bertz CT molecular complexity index is 440. The van der Waals surface area contributed by atoms with Crippen LogP contribution in [0.15, 0.2) is 25.3 Å². The van der Waals surface area contributed by atoms with Gasteiger partial charge in [0.15, 0.2) is 6.29 Å². The van der Waals surface area contributed by atoms with Crippen molar-refractivity contribution in [3.8, 4) is 0 Å². The highest BCUT2D eigenvalue weighted by Gasteiger charge is 2.35. The van der Waals surface area contributed by atoms with Gasteiger partial charge in [-0.25, -0.2) is 4.68 Å². The maximum absolute atomic E-state index is 13.3. The highest BCUT2D eigenvalue weighted by atomic mass is 35.5. The largest absolute Gasteiger partial charge is 0.310 e. The average molecular weight is 247 g/mol. The van der Waals surface area contributed by atoms with Crippen molar-refractivity contribution in [3.63, 3.8) is 0 Å². The number of halogens is 3. The monoisotopic (exact) mass is 246 g/mol. The molecule has 1 heterocycles. The van der Waals surface area contributed by atoms with Crippen LogP contribution in [-0.2, 0) is 12.5 Å². The fourth-order valence-corrected chi connectivity index (χ4v) is 1.39. The van der Waals surface area contributed by atoms with E-state index in [0.29, 0.717) is 6.08 Å². The normalized spacial score (nSPS) is 11.2. The summed E-state index contributed by atoms with van der Waals surface area (Å²) in [5, 5.41) is 3.44. The van der Waals surface area contributed by atoms with Gasteiger partial charge in [0.05, 0.1) is 12.1 Å². The summed E-state index contributed by atoms with van der Waals surface area (Å²) in [6.45, 7) is 6.57. The minimum atomic E-state index is -3.38. The Morgan fingerprint density at radius 1 is 1.50 bits per heavy atom. The first-order chi connectivity index (χ1) is 7.47. The van der Waals surface area contributed by atoms with E-state index in [0.717, 1.165) is 4.68 Å². The molecule has 0 bridgehead atoms. The first-order valence-electron chi connectivity index (χ1n) is 4.32. The van der Waals surface area contributed by atoms with Crippen LogP contribution in [0.2, 0.25) is 5.15 Å². The van der Waals surface area contributed by atoms with Crippen LogP contribution in [0.25, 0.3) is 0 Å². The maximum atomic E-state index is 13.3.